The summed E-state index contributed by atoms with van der Waals surface area (Å²) >= 11 is 1.48. The van der Waals surface area contributed by atoms with E-state index in [1.807, 2.05) is 36.6 Å². The van der Waals surface area contributed by atoms with Gasteiger partial charge < -0.3 is 10.4 Å². The molecule has 22 heavy (non-hydrogen) atoms. The zero-order valence-electron chi connectivity index (χ0n) is 12.2. The molecule has 2 heterocycles. The Kier molecular flexibility index (Phi) is 3.77. The van der Waals surface area contributed by atoms with Crippen LogP contribution >= 0.6 is 11.3 Å². The van der Waals surface area contributed by atoms with Crippen LogP contribution in [0.1, 0.15) is 29.8 Å². The van der Waals surface area contributed by atoms with Gasteiger partial charge in [-0.15, -0.1) is 11.3 Å². The molecule has 0 saturated carbocycles. The van der Waals surface area contributed by atoms with Crippen molar-refractivity contribution in [2.45, 2.75) is 19.9 Å². The molecule has 0 saturated heterocycles. The molecule has 1 aliphatic heterocycles. The van der Waals surface area contributed by atoms with Gasteiger partial charge in [-0.25, -0.2) is 9.78 Å². The number of nitrogens with zero attached hydrogens (tertiary/aromatic N) is 2. The molecule has 1 atom stereocenters. The molecule has 1 aliphatic rings. The summed E-state index contributed by atoms with van der Waals surface area (Å²) in [6.45, 7) is 3.74. The largest absolute Gasteiger partial charge is 0.478 e. The Balaban J connectivity index is 2.11. The van der Waals surface area contributed by atoms with Crippen molar-refractivity contribution in [1.82, 2.24) is 10.3 Å². The number of carbonyl (C=O) groups is 1. The molecule has 1 aromatic carbocycles. The van der Waals surface area contributed by atoms with Crippen LogP contribution in [-0.2, 0) is 4.79 Å². The standard InChI is InChI=1S/C16H15N3O2S/c1-9-4-3-5-11(6-9)14-13(16(20)21)10(2)18-15(19-14)12-7-22-8-17-12/h3-8,14H,1-2H3,(H,18,19)(H,20,21). The third-order valence-corrected chi connectivity index (χ3v) is 4.09. The van der Waals surface area contributed by atoms with Crippen molar-refractivity contribution < 1.29 is 9.90 Å². The lowest BCUT2D eigenvalue weighted by Crippen LogP contribution is -2.32. The van der Waals surface area contributed by atoms with E-state index >= 15 is 0 Å². The van der Waals surface area contributed by atoms with Gasteiger partial charge in [-0.3, -0.25) is 4.99 Å². The SMILES string of the molecule is CC1=C(C(=O)O)C(c2cccc(C)c2)N=C(c2cscn2)N1. The predicted molar refractivity (Wildman–Crippen MR) is 86.0 cm³/mol. The molecule has 112 valence electrons. The lowest BCUT2D eigenvalue weighted by molar-refractivity contribution is -0.133. The van der Waals surface area contributed by atoms with Crippen LogP contribution in [0.25, 0.3) is 0 Å². The van der Waals surface area contributed by atoms with E-state index in [9.17, 15) is 9.90 Å². The summed E-state index contributed by atoms with van der Waals surface area (Å²) in [7, 11) is 0. The predicted octanol–water partition coefficient (Wildman–Crippen LogP) is 2.90. The normalized spacial score (nSPS) is 17.9. The number of aliphatic imine (C=N–C) groups is 1. The molecule has 1 aromatic heterocycles. The van der Waals surface area contributed by atoms with Crippen molar-refractivity contribution in [3.8, 4) is 0 Å². The van der Waals surface area contributed by atoms with E-state index in [1.165, 1.54) is 11.3 Å². The van der Waals surface area contributed by atoms with E-state index in [-0.39, 0.29) is 5.57 Å². The third kappa shape index (κ3) is 2.65. The quantitative estimate of drug-likeness (QED) is 0.913. The molecule has 0 amide bonds. The monoisotopic (exact) mass is 313 g/mol. The zero-order chi connectivity index (χ0) is 15.7. The fourth-order valence-electron chi connectivity index (χ4n) is 2.49. The van der Waals surface area contributed by atoms with E-state index in [4.69, 9.17) is 0 Å². The zero-order valence-corrected chi connectivity index (χ0v) is 13.0. The molecule has 0 fully saturated rings. The van der Waals surface area contributed by atoms with Crippen molar-refractivity contribution in [3.63, 3.8) is 0 Å². The number of benzene rings is 1. The highest BCUT2D eigenvalue weighted by atomic mass is 32.1. The second-order valence-corrected chi connectivity index (χ2v) is 5.86. The molecule has 0 bridgehead atoms. The number of hydrogen-bond acceptors (Lipinski definition) is 5. The molecule has 0 aliphatic carbocycles. The van der Waals surface area contributed by atoms with Crippen molar-refractivity contribution in [2.24, 2.45) is 4.99 Å². The molecule has 5 nitrogen and oxygen atoms in total. The minimum Gasteiger partial charge on any atom is -0.478 e. The van der Waals surface area contributed by atoms with E-state index in [0.717, 1.165) is 16.8 Å². The molecule has 0 spiro atoms. The highest BCUT2D eigenvalue weighted by molar-refractivity contribution is 7.07. The van der Waals surface area contributed by atoms with Gasteiger partial charge in [0, 0.05) is 11.1 Å². The van der Waals surface area contributed by atoms with Crippen LogP contribution in [0.5, 0.6) is 0 Å². The summed E-state index contributed by atoms with van der Waals surface area (Å²) in [4.78, 5) is 20.5. The van der Waals surface area contributed by atoms with Gasteiger partial charge in [0.25, 0.3) is 0 Å². The summed E-state index contributed by atoms with van der Waals surface area (Å²) in [6, 6.07) is 7.23. The molecular weight excluding hydrogens is 298 g/mol. The highest BCUT2D eigenvalue weighted by Gasteiger charge is 2.29. The Morgan fingerprint density at radius 2 is 2.18 bits per heavy atom. The smallest absolute Gasteiger partial charge is 0.335 e. The van der Waals surface area contributed by atoms with Gasteiger partial charge in [0.15, 0.2) is 5.84 Å². The first-order chi connectivity index (χ1) is 10.6. The lowest BCUT2D eigenvalue weighted by atomic mass is 9.95. The molecular formula is C16H15N3O2S. The Morgan fingerprint density at radius 3 is 2.82 bits per heavy atom. The maximum atomic E-state index is 11.6. The molecule has 1 unspecified atom stereocenters. The van der Waals surface area contributed by atoms with Gasteiger partial charge >= 0.3 is 5.97 Å². The number of allylic oxidation sites excluding steroid dienone is 1. The highest BCUT2D eigenvalue weighted by Crippen LogP contribution is 2.31. The van der Waals surface area contributed by atoms with Crippen molar-refractivity contribution in [2.75, 3.05) is 0 Å². The van der Waals surface area contributed by atoms with Crippen LogP contribution in [0.4, 0.5) is 0 Å². The van der Waals surface area contributed by atoms with Gasteiger partial charge in [0.2, 0.25) is 0 Å². The summed E-state index contributed by atoms with van der Waals surface area (Å²) in [5.41, 5.74) is 5.26. The number of carboxylic acids is 1. The first-order valence-electron chi connectivity index (χ1n) is 6.80. The van der Waals surface area contributed by atoms with Crippen LogP contribution in [-0.4, -0.2) is 21.9 Å². The van der Waals surface area contributed by atoms with Crippen molar-refractivity contribution in [3.05, 3.63) is 63.2 Å². The van der Waals surface area contributed by atoms with E-state index in [2.05, 4.69) is 15.3 Å². The Labute approximate surface area is 132 Å². The summed E-state index contributed by atoms with van der Waals surface area (Å²) in [5.74, 6) is -0.354. The maximum Gasteiger partial charge on any atom is 0.335 e. The van der Waals surface area contributed by atoms with Crippen LogP contribution < -0.4 is 5.32 Å². The van der Waals surface area contributed by atoms with Crippen molar-refractivity contribution >= 4 is 23.1 Å². The third-order valence-electron chi connectivity index (χ3n) is 3.50. The average Bonchev–Trinajstić information content (AvgIpc) is 3.00. The van der Waals surface area contributed by atoms with Gasteiger partial charge in [0.1, 0.15) is 11.7 Å². The number of aliphatic carboxylic acids is 1. The van der Waals surface area contributed by atoms with Crippen LogP contribution in [0.2, 0.25) is 0 Å². The number of amidine groups is 1. The number of thiazole rings is 1. The van der Waals surface area contributed by atoms with Crippen LogP contribution in [0.3, 0.4) is 0 Å². The minimum atomic E-state index is -0.961. The molecule has 6 heteroatoms. The molecule has 2 aromatic rings. The molecule has 2 N–H and O–H groups in total. The minimum absolute atomic E-state index is 0.268. The summed E-state index contributed by atoms with van der Waals surface area (Å²) in [6.07, 6.45) is 0. The number of nitrogens with one attached hydrogen (secondary N) is 1. The second-order valence-electron chi connectivity index (χ2n) is 5.14. The van der Waals surface area contributed by atoms with Gasteiger partial charge in [-0.1, -0.05) is 29.8 Å². The Hall–Kier alpha value is -2.47. The second kappa shape index (κ2) is 5.73. The topological polar surface area (TPSA) is 74.6 Å². The number of aryl methyl sites for hydroxylation is 1. The maximum absolute atomic E-state index is 11.6. The lowest BCUT2D eigenvalue weighted by Gasteiger charge is -2.24. The number of carboxylic acid groups (broad SMARTS) is 1. The van der Waals surface area contributed by atoms with Crippen LogP contribution in [0.15, 0.2) is 51.4 Å². The Morgan fingerprint density at radius 1 is 1.36 bits per heavy atom. The van der Waals surface area contributed by atoms with E-state index in [1.54, 1.807) is 12.4 Å². The Bertz CT molecular complexity index is 778. The van der Waals surface area contributed by atoms with Gasteiger partial charge in [0.05, 0.1) is 11.1 Å². The molecule has 3 rings (SSSR count). The fourth-order valence-corrected chi connectivity index (χ4v) is 3.03. The average molecular weight is 313 g/mol. The first kappa shape index (κ1) is 14.5. The number of aromatic nitrogens is 1. The number of rotatable bonds is 3. The summed E-state index contributed by atoms with van der Waals surface area (Å²) in [5, 5.41) is 14.5. The fraction of sp³-hybridized carbons (Fsp3) is 0.188. The van der Waals surface area contributed by atoms with Gasteiger partial charge in [-0.2, -0.15) is 0 Å². The van der Waals surface area contributed by atoms with Gasteiger partial charge in [-0.05, 0) is 19.4 Å². The first-order valence-corrected chi connectivity index (χ1v) is 7.74. The van der Waals surface area contributed by atoms with Crippen molar-refractivity contribution in [1.29, 1.82) is 0 Å². The van der Waals surface area contributed by atoms with E-state index < -0.39 is 12.0 Å². The van der Waals surface area contributed by atoms with Crippen LogP contribution in [0, 0.1) is 6.92 Å². The van der Waals surface area contributed by atoms with E-state index in [0.29, 0.717) is 11.5 Å². The summed E-state index contributed by atoms with van der Waals surface area (Å²) < 4.78 is 0. The number of hydrogen-bond donors (Lipinski definition) is 2. The molecule has 0 radical (unpaired) electrons.